The van der Waals surface area contributed by atoms with Gasteiger partial charge in [-0.1, -0.05) is 29.3 Å². The summed E-state index contributed by atoms with van der Waals surface area (Å²) in [6.45, 7) is 0. The summed E-state index contributed by atoms with van der Waals surface area (Å²) in [4.78, 5) is 10.3. The Balaban J connectivity index is 2.18. The van der Waals surface area contributed by atoms with Gasteiger partial charge in [0.05, 0.1) is 4.92 Å². The Labute approximate surface area is 109 Å². The van der Waals surface area contributed by atoms with E-state index in [0.29, 0.717) is 28.6 Å². The number of rotatable bonds is 2. The third-order valence-electron chi connectivity index (χ3n) is 3.02. The molecule has 0 radical (unpaired) electrons. The predicted octanol–water partition coefficient (Wildman–Crippen LogP) is 4.42. The van der Waals surface area contributed by atoms with Gasteiger partial charge in [-0.3, -0.25) is 10.1 Å². The maximum atomic E-state index is 10.6. The summed E-state index contributed by atoms with van der Waals surface area (Å²) in [5, 5.41) is 11.8. The van der Waals surface area contributed by atoms with Crippen molar-refractivity contribution in [3.05, 3.63) is 55.7 Å². The molecule has 3 nitrogen and oxygen atoms in total. The third-order valence-corrected chi connectivity index (χ3v) is 3.59. The summed E-state index contributed by atoms with van der Waals surface area (Å²) in [6, 6.07) is 5.42. The van der Waals surface area contributed by atoms with E-state index in [2.05, 4.69) is 0 Å². The largest absolute Gasteiger partial charge is 0.259 e. The lowest BCUT2D eigenvalue weighted by molar-refractivity contribution is -0.429. The van der Waals surface area contributed by atoms with Crippen LogP contribution in [0.4, 0.5) is 0 Å². The molecule has 0 heterocycles. The van der Waals surface area contributed by atoms with E-state index in [0.717, 1.165) is 12.0 Å². The molecule has 0 aromatic heterocycles. The molecule has 0 saturated heterocycles. The summed E-state index contributed by atoms with van der Waals surface area (Å²) in [7, 11) is 0. The first-order valence-electron chi connectivity index (χ1n) is 5.36. The quantitative estimate of drug-likeness (QED) is 0.590. The number of nitrogens with zero attached hydrogens (tertiary/aromatic N) is 1. The second kappa shape index (κ2) is 5.07. The van der Waals surface area contributed by atoms with Gasteiger partial charge in [-0.2, -0.15) is 0 Å². The molecule has 0 amide bonds. The zero-order valence-corrected chi connectivity index (χ0v) is 10.5. The number of allylic oxidation sites excluding steroid dienone is 2. The van der Waals surface area contributed by atoms with Crippen LogP contribution in [-0.4, -0.2) is 4.92 Å². The minimum atomic E-state index is -0.306. The zero-order valence-electron chi connectivity index (χ0n) is 9.03. The molecule has 0 bridgehead atoms. The van der Waals surface area contributed by atoms with Gasteiger partial charge >= 0.3 is 0 Å². The summed E-state index contributed by atoms with van der Waals surface area (Å²) < 4.78 is 0. The van der Waals surface area contributed by atoms with Crippen molar-refractivity contribution in [3.63, 3.8) is 0 Å². The van der Waals surface area contributed by atoms with E-state index in [4.69, 9.17) is 23.2 Å². The monoisotopic (exact) mass is 271 g/mol. The Hall–Kier alpha value is -1.06. The molecule has 1 aliphatic carbocycles. The summed E-state index contributed by atoms with van der Waals surface area (Å²) >= 11 is 12.0. The van der Waals surface area contributed by atoms with Gasteiger partial charge in [0, 0.05) is 16.5 Å². The molecule has 0 fully saturated rings. The van der Waals surface area contributed by atoms with E-state index in [9.17, 15) is 10.1 Å². The van der Waals surface area contributed by atoms with Gasteiger partial charge in [0.1, 0.15) is 0 Å². The first-order valence-corrected chi connectivity index (χ1v) is 6.12. The number of nitro groups is 1. The number of hydrogen-bond acceptors (Lipinski definition) is 2. The van der Waals surface area contributed by atoms with E-state index in [1.54, 1.807) is 18.2 Å². The van der Waals surface area contributed by atoms with Crippen LogP contribution in [-0.2, 0) is 0 Å². The minimum absolute atomic E-state index is 0.253. The average Bonchev–Trinajstić information content (AvgIpc) is 2.29. The molecule has 1 atom stereocenters. The normalized spacial score (nSPS) is 19.9. The lowest BCUT2D eigenvalue weighted by atomic mass is 9.86. The van der Waals surface area contributed by atoms with Gasteiger partial charge in [-0.15, -0.1) is 0 Å². The van der Waals surface area contributed by atoms with Crippen molar-refractivity contribution in [2.24, 2.45) is 0 Å². The molecule has 1 aromatic rings. The zero-order chi connectivity index (χ0) is 12.4. The Bertz CT molecular complexity index is 485. The van der Waals surface area contributed by atoms with Crippen molar-refractivity contribution in [1.82, 2.24) is 0 Å². The van der Waals surface area contributed by atoms with Crippen LogP contribution in [0.3, 0.4) is 0 Å². The number of halogens is 2. The Morgan fingerprint density at radius 3 is 2.65 bits per heavy atom. The third kappa shape index (κ3) is 2.79. The van der Waals surface area contributed by atoms with Crippen molar-refractivity contribution in [2.75, 3.05) is 0 Å². The second-order valence-electron chi connectivity index (χ2n) is 4.09. The molecular weight excluding hydrogens is 261 g/mol. The first kappa shape index (κ1) is 12.4. The fraction of sp³-hybridized carbons (Fsp3) is 0.333. The molecule has 17 heavy (non-hydrogen) atoms. The fourth-order valence-corrected chi connectivity index (χ4v) is 2.66. The standard InChI is InChI=1S/C12H11Cl2NO2/c13-9-3-6-11(12(14)7-9)8-1-4-10(5-2-8)15(16)17/h3-4,6-8H,1-2,5H2. The maximum Gasteiger partial charge on any atom is 0.242 e. The van der Waals surface area contributed by atoms with Crippen molar-refractivity contribution < 1.29 is 4.92 Å². The fourth-order valence-electron chi connectivity index (χ4n) is 2.10. The van der Waals surface area contributed by atoms with E-state index < -0.39 is 0 Å². The highest BCUT2D eigenvalue weighted by atomic mass is 35.5. The van der Waals surface area contributed by atoms with Gasteiger partial charge in [0.2, 0.25) is 5.70 Å². The van der Waals surface area contributed by atoms with Crippen LogP contribution in [0.2, 0.25) is 10.0 Å². The molecule has 0 spiro atoms. The highest BCUT2D eigenvalue weighted by Crippen LogP contribution is 2.36. The summed E-state index contributed by atoms with van der Waals surface area (Å²) in [5.41, 5.74) is 1.33. The van der Waals surface area contributed by atoms with Gasteiger partial charge in [0.25, 0.3) is 0 Å². The van der Waals surface area contributed by atoms with Crippen molar-refractivity contribution in [3.8, 4) is 0 Å². The van der Waals surface area contributed by atoms with Gasteiger partial charge < -0.3 is 0 Å². The molecule has 0 aliphatic heterocycles. The Morgan fingerprint density at radius 1 is 1.35 bits per heavy atom. The Morgan fingerprint density at radius 2 is 2.12 bits per heavy atom. The van der Waals surface area contributed by atoms with Crippen LogP contribution in [0.25, 0.3) is 0 Å². The van der Waals surface area contributed by atoms with Crippen LogP contribution in [0.5, 0.6) is 0 Å². The lowest BCUT2D eigenvalue weighted by Gasteiger charge is -2.19. The highest BCUT2D eigenvalue weighted by Gasteiger charge is 2.23. The molecule has 1 aromatic carbocycles. The molecule has 0 N–H and O–H groups in total. The topological polar surface area (TPSA) is 43.1 Å². The average molecular weight is 272 g/mol. The molecule has 2 rings (SSSR count). The summed E-state index contributed by atoms with van der Waals surface area (Å²) in [5.74, 6) is 0.253. The van der Waals surface area contributed by atoms with Crippen LogP contribution in [0, 0.1) is 10.1 Å². The number of benzene rings is 1. The van der Waals surface area contributed by atoms with Crippen molar-refractivity contribution in [2.45, 2.75) is 25.2 Å². The van der Waals surface area contributed by atoms with Crippen molar-refractivity contribution >= 4 is 23.2 Å². The molecule has 1 aliphatic rings. The smallest absolute Gasteiger partial charge is 0.242 e. The van der Waals surface area contributed by atoms with Crippen LogP contribution >= 0.6 is 23.2 Å². The van der Waals surface area contributed by atoms with Gasteiger partial charge in [0.15, 0.2) is 0 Å². The lowest BCUT2D eigenvalue weighted by Crippen LogP contribution is -2.09. The van der Waals surface area contributed by atoms with E-state index in [1.165, 1.54) is 0 Å². The van der Waals surface area contributed by atoms with E-state index >= 15 is 0 Å². The van der Waals surface area contributed by atoms with Crippen molar-refractivity contribution in [1.29, 1.82) is 0 Å². The molecule has 90 valence electrons. The second-order valence-corrected chi connectivity index (χ2v) is 4.93. The maximum absolute atomic E-state index is 10.6. The van der Waals surface area contributed by atoms with Crippen LogP contribution < -0.4 is 0 Å². The van der Waals surface area contributed by atoms with E-state index in [1.807, 2.05) is 6.07 Å². The minimum Gasteiger partial charge on any atom is -0.259 e. The summed E-state index contributed by atoms with van der Waals surface area (Å²) in [6.07, 6.45) is 3.61. The predicted molar refractivity (Wildman–Crippen MR) is 68.1 cm³/mol. The molecule has 0 saturated carbocycles. The van der Waals surface area contributed by atoms with Gasteiger partial charge in [-0.25, -0.2) is 0 Å². The van der Waals surface area contributed by atoms with Gasteiger partial charge in [-0.05, 0) is 42.5 Å². The van der Waals surface area contributed by atoms with Crippen LogP contribution in [0.1, 0.15) is 30.7 Å². The van der Waals surface area contributed by atoms with Crippen LogP contribution in [0.15, 0.2) is 30.0 Å². The molecule has 1 unspecified atom stereocenters. The number of hydrogen-bond donors (Lipinski definition) is 0. The SMILES string of the molecule is O=[N+]([O-])C1=CCC(c2ccc(Cl)cc2Cl)CC1. The highest BCUT2D eigenvalue weighted by molar-refractivity contribution is 6.35. The first-order chi connectivity index (χ1) is 8.08. The Kier molecular flexibility index (Phi) is 3.69. The molecule has 5 heteroatoms. The van der Waals surface area contributed by atoms with E-state index in [-0.39, 0.29) is 10.8 Å². The molecular formula is C12H11Cl2NO2.